The van der Waals surface area contributed by atoms with Crippen LogP contribution >= 0.6 is 15.9 Å². The predicted molar refractivity (Wildman–Crippen MR) is 78.4 cm³/mol. The standard InChI is InChI=1S/C15H22BrNO/c1-10-7-8-12(13(16)9-10)14(17)15(18)11-5-3-2-4-6-11/h7-9,11,14-15,18H,2-6,17H2,1H3/t14-,15+/m0/s1. The van der Waals surface area contributed by atoms with Crippen molar-refractivity contribution in [3.63, 3.8) is 0 Å². The minimum atomic E-state index is -0.427. The van der Waals surface area contributed by atoms with Crippen molar-refractivity contribution in [1.82, 2.24) is 0 Å². The van der Waals surface area contributed by atoms with Gasteiger partial charge in [0.25, 0.3) is 0 Å². The second-order valence-electron chi connectivity index (χ2n) is 5.44. The zero-order chi connectivity index (χ0) is 13.1. The van der Waals surface area contributed by atoms with E-state index in [9.17, 15) is 5.11 Å². The number of hydrogen-bond donors (Lipinski definition) is 2. The first-order valence-electron chi connectivity index (χ1n) is 6.79. The van der Waals surface area contributed by atoms with Crippen LogP contribution in [-0.2, 0) is 0 Å². The number of halogens is 1. The maximum Gasteiger partial charge on any atom is 0.0761 e. The Balaban J connectivity index is 2.11. The highest BCUT2D eigenvalue weighted by Gasteiger charge is 2.28. The molecule has 0 unspecified atom stereocenters. The van der Waals surface area contributed by atoms with Crippen LogP contribution in [0, 0.1) is 12.8 Å². The SMILES string of the molecule is Cc1ccc([C@H](N)[C@H](O)C2CCCCC2)c(Br)c1. The average molecular weight is 312 g/mol. The lowest BCUT2D eigenvalue weighted by atomic mass is 9.81. The van der Waals surface area contributed by atoms with Gasteiger partial charge in [-0.05, 0) is 42.9 Å². The van der Waals surface area contributed by atoms with E-state index in [4.69, 9.17) is 5.73 Å². The van der Waals surface area contributed by atoms with Gasteiger partial charge in [-0.1, -0.05) is 47.3 Å². The second-order valence-corrected chi connectivity index (χ2v) is 6.29. The first-order chi connectivity index (χ1) is 8.59. The molecular formula is C15H22BrNO. The molecule has 2 rings (SSSR count). The predicted octanol–water partition coefficient (Wildman–Crippen LogP) is 3.70. The van der Waals surface area contributed by atoms with Crippen molar-refractivity contribution in [1.29, 1.82) is 0 Å². The molecule has 0 spiro atoms. The van der Waals surface area contributed by atoms with E-state index < -0.39 is 6.10 Å². The van der Waals surface area contributed by atoms with Crippen LogP contribution in [0.4, 0.5) is 0 Å². The highest BCUT2D eigenvalue weighted by molar-refractivity contribution is 9.10. The number of aryl methyl sites for hydroxylation is 1. The van der Waals surface area contributed by atoms with Crippen molar-refractivity contribution < 1.29 is 5.11 Å². The minimum absolute atomic E-state index is 0.289. The molecule has 0 bridgehead atoms. The Labute approximate surface area is 118 Å². The molecule has 2 nitrogen and oxygen atoms in total. The van der Waals surface area contributed by atoms with E-state index in [0.717, 1.165) is 22.9 Å². The normalized spacial score (nSPS) is 20.7. The zero-order valence-corrected chi connectivity index (χ0v) is 12.5. The van der Waals surface area contributed by atoms with E-state index in [1.54, 1.807) is 0 Å². The minimum Gasteiger partial charge on any atom is -0.391 e. The molecule has 0 amide bonds. The Morgan fingerprint density at radius 3 is 2.56 bits per heavy atom. The summed E-state index contributed by atoms with van der Waals surface area (Å²) in [6.45, 7) is 2.05. The summed E-state index contributed by atoms with van der Waals surface area (Å²) in [5, 5.41) is 10.4. The van der Waals surface area contributed by atoms with Crippen molar-refractivity contribution in [3.05, 3.63) is 33.8 Å². The van der Waals surface area contributed by atoms with Gasteiger partial charge < -0.3 is 10.8 Å². The van der Waals surface area contributed by atoms with Crippen molar-refractivity contribution in [2.45, 2.75) is 51.2 Å². The summed E-state index contributed by atoms with van der Waals surface area (Å²) in [5.74, 6) is 0.363. The topological polar surface area (TPSA) is 46.2 Å². The van der Waals surface area contributed by atoms with Crippen LogP contribution in [0.1, 0.15) is 49.3 Å². The van der Waals surface area contributed by atoms with Crippen LogP contribution in [-0.4, -0.2) is 11.2 Å². The molecule has 100 valence electrons. The lowest BCUT2D eigenvalue weighted by Gasteiger charge is -2.31. The van der Waals surface area contributed by atoms with Crippen LogP contribution in [0.25, 0.3) is 0 Å². The van der Waals surface area contributed by atoms with Crippen LogP contribution in [0.15, 0.2) is 22.7 Å². The molecular weight excluding hydrogens is 290 g/mol. The summed E-state index contributed by atoms with van der Waals surface area (Å²) in [5.41, 5.74) is 8.45. The number of aliphatic hydroxyl groups is 1. The van der Waals surface area contributed by atoms with Crippen LogP contribution in [0.5, 0.6) is 0 Å². The molecule has 1 aliphatic carbocycles. The average Bonchev–Trinajstić information content (AvgIpc) is 2.38. The van der Waals surface area contributed by atoms with Gasteiger partial charge in [0, 0.05) is 4.47 Å². The fourth-order valence-electron chi connectivity index (χ4n) is 2.86. The third-order valence-electron chi connectivity index (χ3n) is 4.02. The Morgan fingerprint density at radius 1 is 1.28 bits per heavy atom. The maximum absolute atomic E-state index is 10.4. The number of nitrogens with two attached hydrogens (primary N) is 1. The van der Waals surface area contributed by atoms with Gasteiger partial charge in [0.1, 0.15) is 0 Å². The maximum atomic E-state index is 10.4. The van der Waals surface area contributed by atoms with Crippen LogP contribution in [0.2, 0.25) is 0 Å². The summed E-state index contributed by atoms with van der Waals surface area (Å²) in [6.07, 6.45) is 5.54. The quantitative estimate of drug-likeness (QED) is 0.894. The summed E-state index contributed by atoms with van der Waals surface area (Å²) in [7, 11) is 0. The van der Waals surface area contributed by atoms with Crippen molar-refractivity contribution in [2.75, 3.05) is 0 Å². The van der Waals surface area contributed by atoms with Crippen molar-refractivity contribution >= 4 is 15.9 Å². The molecule has 0 saturated heterocycles. The Bertz CT molecular complexity index is 401. The van der Waals surface area contributed by atoms with E-state index in [0.29, 0.717) is 5.92 Å². The van der Waals surface area contributed by atoms with Gasteiger partial charge in [0.15, 0.2) is 0 Å². The molecule has 18 heavy (non-hydrogen) atoms. The molecule has 0 aromatic heterocycles. The van der Waals surface area contributed by atoms with E-state index in [-0.39, 0.29) is 6.04 Å². The van der Waals surface area contributed by atoms with Crippen LogP contribution in [0.3, 0.4) is 0 Å². The molecule has 1 fully saturated rings. The van der Waals surface area contributed by atoms with Gasteiger partial charge in [-0.2, -0.15) is 0 Å². The van der Waals surface area contributed by atoms with Gasteiger partial charge in [-0.15, -0.1) is 0 Å². The Morgan fingerprint density at radius 2 is 1.94 bits per heavy atom. The van der Waals surface area contributed by atoms with Gasteiger partial charge >= 0.3 is 0 Å². The van der Waals surface area contributed by atoms with Gasteiger partial charge in [-0.3, -0.25) is 0 Å². The fraction of sp³-hybridized carbons (Fsp3) is 0.600. The molecule has 1 aliphatic rings. The zero-order valence-electron chi connectivity index (χ0n) is 10.9. The molecule has 1 aromatic carbocycles. The first kappa shape index (κ1) is 14.0. The molecule has 3 heteroatoms. The first-order valence-corrected chi connectivity index (χ1v) is 7.58. The smallest absolute Gasteiger partial charge is 0.0761 e. The van der Waals surface area contributed by atoms with E-state index >= 15 is 0 Å². The highest BCUT2D eigenvalue weighted by atomic mass is 79.9. The molecule has 2 atom stereocenters. The van der Waals surface area contributed by atoms with E-state index in [1.807, 2.05) is 12.1 Å². The van der Waals surface area contributed by atoms with Gasteiger partial charge in [0.2, 0.25) is 0 Å². The highest BCUT2D eigenvalue weighted by Crippen LogP contribution is 2.33. The molecule has 3 N–H and O–H groups in total. The van der Waals surface area contributed by atoms with E-state index in [1.165, 1.54) is 24.8 Å². The number of aliphatic hydroxyl groups excluding tert-OH is 1. The monoisotopic (exact) mass is 311 g/mol. The van der Waals surface area contributed by atoms with Crippen molar-refractivity contribution in [3.8, 4) is 0 Å². The Kier molecular flexibility index (Phi) is 4.82. The summed E-state index contributed by atoms with van der Waals surface area (Å²) in [4.78, 5) is 0. The molecule has 0 radical (unpaired) electrons. The molecule has 0 heterocycles. The van der Waals surface area contributed by atoms with Gasteiger partial charge in [-0.25, -0.2) is 0 Å². The van der Waals surface area contributed by atoms with Gasteiger partial charge in [0.05, 0.1) is 12.1 Å². The molecule has 1 aromatic rings. The molecule has 1 saturated carbocycles. The van der Waals surface area contributed by atoms with E-state index in [2.05, 4.69) is 28.9 Å². The number of hydrogen-bond acceptors (Lipinski definition) is 2. The Hall–Kier alpha value is -0.380. The van der Waals surface area contributed by atoms with Crippen LogP contribution < -0.4 is 5.73 Å². The summed E-state index contributed by atoms with van der Waals surface area (Å²) in [6, 6.07) is 5.84. The lowest BCUT2D eigenvalue weighted by Crippen LogP contribution is -2.34. The third kappa shape index (κ3) is 3.14. The number of rotatable bonds is 3. The summed E-state index contributed by atoms with van der Waals surface area (Å²) >= 11 is 3.55. The fourth-order valence-corrected chi connectivity index (χ4v) is 3.61. The number of benzene rings is 1. The third-order valence-corrected chi connectivity index (χ3v) is 4.70. The molecule has 0 aliphatic heterocycles. The second kappa shape index (κ2) is 6.18. The van der Waals surface area contributed by atoms with Crippen molar-refractivity contribution in [2.24, 2.45) is 11.7 Å². The largest absolute Gasteiger partial charge is 0.391 e. The summed E-state index contributed by atoms with van der Waals surface area (Å²) < 4.78 is 1.00. The lowest BCUT2D eigenvalue weighted by molar-refractivity contribution is 0.0616.